The Kier molecular flexibility index (Phi) is 5.18. The van der Waals surface area contributed by atoms with Crippen LogP contribution in [-0.2, 0) is 11.2 Å². The number of carbonyl (C=O) groups excluding carboxylic acids is 1. The lowest BCUT2D eigenvalue weighted by Gasteiger charge is -2.09. The fraction of sp³-hybridized carbons (Fsp3) is 0.308. The molecule has 1 rings (SSSR count). The average Bonchev–Trinajstić information content (AvgIpc) is 2.32. The number of nitrogens with one attached hydrogen (secondary N) is 1. The smallest absolute Gasteiger partial charge is 0.237 e. The van der Waals surface area contributed by atoms with Crippen molar-refractivity contribution >= 4 is 5.91 Å². The molecule has 0 saturated carbocycles. The number of terminal acetylenes is 1. The van der Waals surface area contributed by atoms with Crippen LogP contribution in [0.1, 0.15) is 12.0 Å². The molecule has 0 saturated heterocycles. The van der Waals surface area contributed by atoms with Gasteiger partial charge < -0.3 is 11.1 Å². The van der Waals surface area contributed by atoms with Crippen LogP contribution in [0.2, 0.25) is 0 Å². The van der Waals surface area contributed by atoms with Crippen molar-refractivity contribution in [2.24, 2.45) is 5.73 Å². The van der Waals surface area contributed by atoms with Crippen LogP contribution in [0.5, 0.6) is 0 Å². The van der Waals surface area contributed by atoms with Crippen molar-refractivity contribution in [3.8, 4) is 12.3 Å². The number of rotatable bonds is 5. The molecule has 0 heterocycles. The molecule has 0 aliphatic rings. The highest BCUT2D eigenvalue weighted by Crippen LogP contribution is 2.02. The van der Waals surface area contributed by atoms with Gasteiger partial charge in [0.1, 0.15) is 5.82 Å². The van der Waals surface area contributed by atoms with Gasteiger partial charge in [-0.1, -0.05) is 12.1 Å². The molecule has 1 aromatic rings. The highest BCUT2D eigenvalue weighted by molar-refractivity contribution is 5.81. The first-order chi connectivity index (χ1) is 8.13. The van der Waals surface area contributed by atoms with Crippen LogP contribution in [0, 0.1) is 18.2 Å². The molecule has 3 N–H and O–H groups in total. The number of benzene rings is 1. The SMILES string of the molecule is C#CCC(N)C(=O)NCCc1ccc(F)cc1. The van der Waals surface area contributed by atoms with Gasteiger partial charge in [-0.15, -0.1) is 12.3 Å². The molecule has 0 fully saturated rings. The summed E-state index contributed by atoms with van der Waals surface area (Å²) in [5.41, 5.74) is 6.48. The molecular formula is C13H15FN2O. The lowest BCUT2D eigenvalue weighted by atomic mass is 10.1. The third kappa shape index (κ3) is 4.66. The number of amides is 1. The summed E-state index contributed by atoms with van der Waals surface area (Å²) in [6.07, 6.45) is 5.91. The van der Waals surface area contributed by atoms with Crippen molar-refractivity contribution < 1.29 is 9.18 Å². The zero-order valence-electron chi connectivity index (χ0n) is 9.45. The number of hydrogen-bond acceptors (Lipinski definition) is 2. The van der Waals surface area contributed by atoms with E-state index in [-0.39, 0.29) is 18.1 Å². The zero-order valence-corrected chi connectivity index (χ0v) is 9.45. The molecule has 0 radical (unpaired) electrons. The molecule has 3 nitrogen and oxygen atoms in total. The Morgan fingerprint density at radius 1 is 1.47 bits per heavy atom. The summed E-state index contributed by atoms with van der Waals surface area (Å²) < 4.78 is 12.6. The summed E-state index contributed by atoms with van der Waals surface area (Å²) in [7, 11) is 0. The van der Waals surface area contributed by atoms with E-state index in [0.717, 1.165) is 5.56 Å². The van der Waals surface area contributed by atoms with E-state index in [9.17, 15) is 9.18 Å². The summed E-state index contributed by atoms with van der Waals surface area (Å²) in [6, 6.07) is 5.49. The predicted molar refractivity (Wildman–Crippen MR) is 64.5 cm³/mol. The summed E-state index contributed by atoms with van der Waals surface area (Å²) in [5, 5.41) is 2.68. The molecule has 0 spiro atoms. The number of hydrogen-bond donors (Lipinski definition) is 2. The van der Waals surface area contributed by atoms with E-state index >= 15 is 0 Å². The van der Waals surface area contributed by atoms with E-state index in [2.05, 4.69) is 11.2 Å². The maximum atomic E-state index is 12.6. The van der Waals surface area contributed by atoms with Gasteiger partial charge in [-0.05, 0) is 24.1 Å². The monoisotopic (exact) mass is 234 g/mol. The van der Waals surface area contributed by atoms with Crippen LogP contribution in [0.3, 0.4) is 0 Å². The van der Waals surface area contributed by atoms with E-state index in [0.29, 0.717) is 13.0 Å². The minimum absolute atomic E-state index is 0.225. The van der Waals surface area contributed by atoms with Gasteiger partial charge in [0, 0.05) is 13.0 Å². The maximum absolute atomic E-state index is 12.6. The summed E-state index contributed by atoms with van der Waals surface area (Å²) in [5.74, 6) is 1.81. The Bertz CT molecular complexity index is 408. The van der Waals surface area contributed by atoms with Gasteiger partial charge in [0.2, 0.25) is 5.91 Å². The van der Waals surface area contributed by atoms with E-state index < -0.39 is 6.04 Å². The number of carbonyl (C=O) groups is 1. The molecule has 4 heteroatoms. The molecule has 0 aliphatic carbocycles. The summed E-state index contributed by atoms with van der Waals surface area (Å²) >= 11 is 0. The van der Waals surface area contributed by atoms with Gasteiger partial charge in [0.15, 0.2) is 0 Å². The minimum Gasteiger partial charge on any atom is -0.354 e. The molecule has 1 amide bonds. The van der Waals surface area contributed by atoms with E-state index in [1.54, 1.807) is 12.1 Å². The van der Waals surface area contributed by atoms with Crippen molar-refractivity contribution in [2.75, 3.05) is 6.54 Å². The van der Waals surface area contributed by atoms with E-state index in [1.165, 1.54) is 12.1 Å². The van der Waals surface area contributed by atoms with Crippen molar-refractivity contribution in [3.63, 3.8) is 0 Å². The van der Waals surface area contributed by atoms with Crippen molar-refractivity contribution in [3.05, 3.63) is 35.6 Å². The fourth-order valence-corrected chi connectivity index (χ4v) is 1.33. The van der Waals surface area contributed by atoms with E-state index in [4.69, 9.17) is 12.2 Å². The Morgan fingerprint density at radius 2 is 2.12 bits per heavy atom. The fourth-order valence-electron chi connectivity index (χ4n) is 1.33. The topological polar surface area (TPSA) is 55.1 Å². The third-order valence-electron chi connectivity index (χ3n) is 2.30. The minimum atomic E-state index is -0.659. The number of halogens is 1. The first kappa shape index (κ1) is 13.2. The molecule has 90 valence electrons. The molecule has 0 aromatic heterocycles. The van der Waals surface area contributed by atoms with Crippen molar-refractivity contribution in [1.82, 2.24) is 5.32 Å². The second kappa shape index (κ2) is 6.66. The first-order valence-electron chi connectivity index (χ1n) is 5.34. The molecule has 0 aliphatic heterocycles. The summed E-state index contributed by atoms with van der Waals surface area (Å²) in [6.45, 7) is 0.461. The first-order valence-corrected chi connectivity index (χ1v) is 5.34. The highest BCUT2D eigenvalue weighted by atomic mass is 19.1. The average molecular weight is 234 g/mol. The standard InChI is InChI=1S/C13H15FN2O/c1-2-3-12(15)13(17)16-9-8-10-4-6-11(14)7-5-10/h1,4-7,12H,3,8-9,15H2,(H,16,17). The number of nitrogens with two attached hydrogens (primary N) is 1. The molecular weight excluding hydrogens is 219 g/mol. The molecule has 1 aromatic carbocycles. The van der Waals surface area contributed by atoms with Crippen LogP contribution in [0.25, 0.3) is 0 Å². The summed E-state index contributed by atoms with van der Waals surface area (Å²) in [4.78, 5) is 11.4. The third-order valence-corrected chi connectivity index (χ3v) is 2.30. The van der Waals surface area contributed by atoms with Gasteiger partial charge in [-0.2, -0.15) is 0 Å². The van der Waals surface area contributed by atoms with Gasteiger partial charge >= 0.3 is 0 Å². The second-order valence-corrected chi connectivity index (χ2v) is 3.68. The van der Waals surface area contributed by atoms with E-state index in [1.807, 2.05) is 0 Å². The maximum Gasteiger partial charge on any atom is 0.237 e. The second-order valence-electron chi connectivity index (χ2n) is 3.68. The van der Waals surface area contributed by atoms with Gasteiger partial charge in [0.05, 0.1) is 6.04 Å². The quantitative estimate of drug-likeness (QED) is 0.742. The van der Waals surface area contributed by atoms with Crippen LogP contribution in [0.4, 0.5) is 4.39 Å². The highest BCUT2D eigenvalue weighted by Gasteiger charge is 2.10. The Balaban J connectivity index is 2.31. The Morgan fingerprint density at radius 3 is 2.71 bits per heavy atom. The van der Waals surface area contributed by atoms with Gasteiger partial charge in [-0.25, -0.2) is 4.39 Å². The predicted octanol–water partition coefficient (Wildman–Crippen LogP) is 0.835. The normalized spacial score (nSPS) is 11.6. The zero-order chi connectivity index (χ0) is 12.7. The molecule has 1 atom stereocenters. The van der Waals surface area contributed by atoms with Gasteiger partial charge in [0.25, 0.3) is 0 Å². The van der Waals surface area contributed by atoms with Crippen LogP contribution < -0.4 is 11.1 Å². The molecule has 17 heavy (non-hydrogen) atoms. The Hall–Kier alpha value is -1.86. The van der Waals surface area contributed by atoms with Crippen molar-refractivity contribution in [2.45, 2.75) is 18.9 Å². The van der Waals surface area contributed by atoms with Crippen LogP contribution >= 0.6 is 0 Å². The largest absolute Gasteiger partial charge is 0.354 e. The molecule has 0 bridgehead atoms. The van der Waals surface area contributed by atoms with Crippen LogP contribution in [-0.4, -0.2) is 18.5 Å². The van der Waals surface area contributed by atoms with Crippen molar-refractivity contribution in [1.29, 1.82) is 0 Å². The van der Waals surface area contributed by atoms with Gasteiger partial charge in [-0.3, -0.25) is 4.79 Å². The molecule has 1 unspecified atom stereocenters. The Labute approximate surface area is 100 Å². The lowest BCUT2D eigenvalue weighted by Crippen LogP contribution is -2.41. The van der Waals surface area contributed by atoms with Crippen LogP contribution in [0.15, 0.2) is 24.3 Å². The lowest BCUT2D eigenvalue weighted by molar-refractivity contribution is -0.122.